The summed E-state index contributed by atoms with van der Waals surface area (Å²) in [5.41, 5.74) is 0.607. The second-order valence-electron chi connectivity index (χ2n) is 2.76. The molecule has 2 heterocycles. The third kappa shape index (κ3) is 1.20. The number of nitrogens with zero attached hydrogens (tertiary/aromatic N) is 4. The van der Waals surface area contributed by atoms with E-state index >= 15 is 0 Å². The summed E-state index contributed by atoms with van der Waals surface area (Å²) in [6, 6.07) is 0. The summed E-state index contributed by atoms with van der Waals surface area (Å²) in [6.45, 7) is 1.65. The van der Waals surface area contributed by atoms with Crippen LogP contribution in [0.5, 0.6) is 0 Å². The average molecular weight is 190 g/mol. The molecule has 0 aromatic carbocycles. The van der Waals surface area contributed by atoms with Crippen LogP contribution in [-0.2, 0) is 12.6 Å². The van der Waals surface area contributed by atoms with Crippen LogP contribution in [0.15, 0.2) is 5.10 Å². The molecule has 1 aliphatic heterocycles. The quantitative estimate of drug-likeness (QED) is 0.614. The van der Waals surface area contributed by atoms with Gasteiger partial charge in [-0.3, -0.25) is 0 Å². The zero-order chi connectivity index (χ0) is 9.64. The van der Waals surface area contributed by atoms with Gasteiger partial charge in [-0.05, 0) is 6.92 Å². The van der Waals surface area contributed by atoms with Crippen LogP contribution in [0.1, 0.15) is 18.6 Å². The van der Waals surface area contributed by atoms with Gasteiger partial charge in [0.15, 0.2) is 5.82 Å². The van der Waals surface area contributed by atoms with E-state index in [9.17, 15) is 13.2 Å². The maximum absolute atomic E-state index is 12.2. The molecule has 13 heavy (non-hydrogen) atoms. The largest absolute Gasteiger partial charge is 0.453 e. The fourth-order valence-electron chi connectivity index (χ4n) is 1.14. The second kappa shape index (κ2) is 2.30. The zero-order valence-corrected chi connectivity index (χ0v) is 6.63. The van der Waals surface area contributed by atoms with E-state index in [4.69, 9.17) is 0 Å². The van der Waals surface area contributed by atoms with Gasteiger partial charge in [-0.25, -0.2) is 0 Å². The molecule has 0 saturated heterocycles. The van der Waals surface area contributed by atoms with Gasteiger partial charge < -0.3 is 0 Å². The van der Waals surface area contributed by atoms with Crippen molar-refractivity contribution in [2.45, 2.75) is 19.5 Å². The molecule has 1 aromatic rings. The highest BCUT2D eigenvalue weighted by Gasteiger charge is 2.39. The lowest BCUT2D eigenvalue weighted by molar-refractivity contribution is -0.147. The Morgan fingerprint density at radius 2 is 2.00 bits per heavy atom. The van der Waals surface area contributed by atoms with Crippen LogP contribution in [0, 0.1) is 0 Å². The van der Waals surface area contributed by atoms with Crippen LogP contribution in [0.4, 0.5) is 13.2 Å². The van der Waals surface area contributed by atoms with Gasteiger partial charge in [0.2, 0.25) is 0 Å². The maximum Gasteiger partial charge on any atom is 0.453 e. The van der Waals surface area contributed by atoms with Crippen molar-refractivity contribution in [1.82, 2.24) is 14.9 Å². The first-order valence-electron chi connectivity index (χ1n) is 3.54. The summed E-state index contributed by atoms with van der Waals surface area (Å²) in [7, 11) is 0. The monoisotopic (exact) mass is 190 g/mol. The van der Waals surface area contributed by atoms with Crippen LogP contribution in [0.3, 0.4) is 0 Å². The van der Waals surface area contributed by atoms with Gasteiger partial charge in [0.1, 0.15) is 0 Å². The third-order valence-electron chi connectivity index (χ3n) is 1.64. The van der Waals surface area contributed by atoms with Crippen molar-refractivity contribution >= 4 is 5.71 Å². The summed E-state index contributed by atoms with van der Waals surface area (Å²) in [6.07, 6.45) is -4.15. The molecule has 0 fully saturated rings. The van der Waals surface area contributed by atoms with Gasteiger partial charge in [-0.15, -0.1) is 10.2 Å². The first kappa shape index (κ1) is 8.21. The zero-order valence-electron chi connectivity index (χ0n) is 6.63. The fourth-order valence-corrected chi connectivity index (χ4v) is 1.14. The molecule has 0 radical (unpaired) electrons. The third-order valence-corrected chi connectivity index (χ3v) is 1.64. The van der Waals surface area contributed by atoms with E-state index < -0.39 is 12.0 Å². The first-order valence-corrected chi connectivity index (χ1v) is 3.54. The molecule has 0 atom stereocenters. The Labute approximate surface area is 71.1 Å². The van der Waals surface area contributed by atoms with E-state index in [1.54, 1.807) is 6.92 Å². The van der Waals surface area contributed by atoms with Crippen molar-refractivity contribution in [3.05, 3.63) is 11.6 Å². The predicted molar refractivity (Wildman–Crippen MR) is 37.2 cm³/mol. The molecule has 0 spiro atoms. The van der Waals surface area contributed by atoms with Crippen molar-refractivity contribution in [2.24, 2.45) is 5.10 Å². The fraction of sp³-hybridized carbons (Fsp3) is 0.500. The van der Waals surface area contributed by atoms with E-state index in [2.05, 4.69) is 15.3 Å². The molecule has 0 saturated carbocycles. The summed E-state index contributed by atoms with van der Waals surface area (Å²) in [5, 5.41) is 10.1. The molecule has 4 nitrogen and oxygen atoms in total. The minimum absolute atomic E-state index is 0.241. The number of fused-ring (bicyclic) bond motifs is 1. The van der Waals surface area contributed by atoms with Crippen LogP contribution in [0.25, 0.3) is 0 Å². The lowest BCUT2D eigenvalue weighted by Gasteiger charge is -2.02. The molecule has 1 aliphatic rings. The summed E-state index contributed by atoms with van der Waals surface area (Å²) in [5.74, 6) is -0.816. The van der Waals surface area contributed by atoms with Crippen molar-refractivity contribution in [3.63, 3.8) is 0 Å². The maximum atomic E-state index is 12.2. The molecule has 0 N–H and O–H groups in total. The lowest BCUT2D eigenvalue weighted by Crippen LogP contribution is -2.12. The molecule has 2 rings (SSSR count). The van der Waals surface area contributed by atoms with Gasteiger partial charge in [-0.1, -0.05) is 0 Å². The Balaban J connectivity index is 2.52. The van der Waals surface area contributed by atoms with Crippen LogP contribution >= 0.6 is 0 Å². The Kier molecular flexibility index (Phi) is 1.45. The molecule has 0 bridgehead atoms. The molecule has 0 aliphatic carbocycles. The highest BCUT2D eigenvalue weighted by atomic mass is 19.4. The SMILES string of the molecule is CC1=Nn2c(nnc2C(F)(F)F)C1. The smallest absolute Gasteiger partial charge is 0.192 e. The van der Waals surface area contributed by atoms with Crippen LogP contribution in [0.2, 0.25) is 0 Å². The first-order chi connectivity index (χ1) is 5.98. The number of rotatable bonds is 0. The van der Waals surface area contributed by atoms with Gasteiger partial charge in [0, 0.05) is 12.1 Å². The van der Waals surface area contributed by atoms with Crippen molar-refractivity contribution in [1.29, 1.82) is 0 Å². The Bertz CT molecular complexity index is 376. The Hall–Kier alpha value is -1.40. The molecule has 70 valence electrons. The summed E-state index contributed by atoms with van der Waals surface area (Å²) >= 11 is 0. The molecule has 0 unspecified atom stereocenters. The van der Waals surface area contributed by atoms with Gasteiger partial charge in [-0.2, -0.15) is 22.9 Å². The molecular formula is C6H5F3N4. The van der Waals surface area contributed by atoms with E-state index in [-0.39, 0.29) is 5.82 Å². The van der Waals surface area contributed by atoms with Gasteiger partial charge >= 0.3 is 6.18 Å². The standard InChI is InChI=1S/C6H5F3N4/c1-3-2-4-10-11-5(6(7,8)9)13(4)12-3/h2H2,1H3. The molecule has 0 amide bonds. The normalized spacial score (nSPS) is 15.8. The Morgan fingerprint density at radius 3 is 2.62 bits per heavy atom. The Morgan fingerprint density at radius 1 is 1.31 bits per heavy atom. The molecular weight excluding hydrogens is 185 g/mol. The number of hydrogen-bond donors (Lipinski definition) is 0. The number of halogens is 3. The highest BCUT2D eigenvalue weighted by Crippen LogP contribution is 2.29. The minimum Gasteiger partial charge on any atom is -0.192 e. The second-order valence-corrected chi connectivity index (χ2v) is 2.76. The molecule has 1 aromatic heterocycles. The highest BCUT2D eigenvalue weighted by molar-refractivity contribution is 5.85. The van der Waals surface area contributed by atoms with Crippen LogP contribution in [-0.4, -0.2) is 20.6 Å². The topological polar surface area (TPSA) is 43.1 Å². The van der Waals surface area contributed by atoms with Crippen molar-refractivity contribution in [3.8, 4) is 0 Å². The lowest BCUT2D eigenvalue weighted by atomic mass is 10.3. The van der Waals surface area contributed by atoms with E-state index in [1.165, 1.54) is 0 Å². The number of hydrogen-bond acceptors (Lipinski definition) is 3. The van der Waals surface area contributed by atoms with Crippen LogP contribution < -0.4 is 0 Å². The average Bonchev–Trinajstić information content (AvgIpc) is 2.41. The van der Waals surface area contributed by atoms with Gasteiger partial charge in [0.05, 0.1) is 0 Å². The van der Waals surface area contributed by atoms with Gasteiger partial charge in [0.25, 0.3) is 5.82 Å². The molecule has 7 heteroatoms. The van der Waals surface area contributed by atoms with E-state index in [1.807, 2.05) is 0 Å². The summed E-state index contributed by atoms with van der Waals surface area (Å²) in [4.78, 5) is 0. The predicted octanol–water partition coefficient (Wildman–Crippen LogP) is 1.08. The van der Waals surface area contributed by atoms with Crippen molar-refractivity contribution in [2.75, 3.05) is 0 Å². The minimum atomic E-state index is -4.49. The van der Waals surface area contributed by atoms with Crippen molar-refractivity contribution < 1.29 is 13.2 Å². The number of alkyl halides is 3. The number of aromatic nitrogens is 3. The van der Waals surface area contributed by atoms with E-state index in [0.717, 1.165) is 4.68 Å². The summed E-state index contributed by atoms with van der Waals surface area (Å²) < 4.78 is 37.4. The van der Waals surface area contributed by atoms with E-state index in [0.29, 0.717) is 12.1 Å².